The molecule has 13 nitrogen and oxygen atoms in total. The van der Waals surface area contributed by atoms with Crippen LogP contribution >= 0.6 is 0 Å². The van der Waals surface area contributed by atoms with Gasteiger partial charge in [-0.3, -0.25) is 0 Å². The first kappa shape index (κ1) is 29.2. The minimum Gasteiger partial charge on any atom is -0.400 e. The maximum atomic E-state index is 8.25. The minimum absolute atomic E-state index is 0. The summed E-state index contributed by atoms with van der Waals surface area (Å²) in [5.74, 6) is 0. The van der Waals surface area contributed by atoms with Crippen molar-refractivity contribution in [2.24, 2.45) is 0 Å². The van der Waals surface area contributed by atoms with E-state index in [1.165, 1.54) is 0 Å². The van der Waals surface area contributed by atoms with Crippen molar-refractivity contribution in [2.75, 3.05) is 7.11 Å². The fourth-order valence-electron chi connectivity index (χ4n) is 0. The van der Waals surface area contributed by atoms with Gasteiger partial charge in [-0.2, -0.15) is 0 Å². The zero-order valence-electron chi connectivity index (χ0n) is 7.04. The second-order valence-corrected chi connectivity index (χ2v) is 0.671. The van der Waals surface area contributed by atoms with Crippen molar-refractivity contribution < 1.29 is 53.1 Å². The van der Waals surface area contributed by atoms with Crippen molar-refractivity contribution in [3.8, 4) is 0 Å². The van der Waals surface area contributed by atoms with Crippen LogP contribution in [0.4, 0.5) is 0 Å². The van der Waals surface area contributed by atoms with Crippen LogP contribution in [0.15, 0.2) is 0 Å². The smallest absolute Gasteiger partial charge is 0.400 e. The molecule has 0 aromatic rings. The van der Waals surface area contributed by atoms with E-state index in [0.717, 1.165) is 7.11 Å². The molecule has 86 valence electrons. The third-order valence-electron chi connectivity index (χ3n) is 0. The average Bonchev–Trinajstić information content (AvgIpc) is 1.86. The van der Waals surface area contributed by atoms with E-state index in [4.69, 9.17) is 51.1 Å². The van der Waals surface area contributed by atoms with E-state index in [1.807, 2.05) is 0 Å². The normalized spacial score (nSPS) is 5.20. The van der Waals surface area contributed by atoms with Crippen LogP contribution in [0.5, 0.6) is 0 Å². The molecule has 15 heavy (non-hydrogen) atoms. The summed E-state index contributed by atoms with van der Waals surface area (Å²) in [6.07, 6.45) is 0. The molecule has 0 aliphatic carbocycles. The second kappa shape index (κ2) is 29.3. The van der Waals surface area contributed by atoms with Crippen LogP contribution < -0.4 is 0 Å². The molecule has 0 aliphatic heterocycles. The van der Waals surface area contributed by atoms with Gasteiger partial charge in [-0.1, -0.05) is 0 Å². The summed E-state index contributed by atoms with van der Waals surface area (Å²) >= 11 is 0. The van der Waals surface area contributed by atoms with Crippen molar-refractivity contribution in [1.29, 1.82) is 0 Å². The standard InChI is InChI=1S/CH4O.3NO3.Y/c1-2;3*2-1(3)4;/h2H,1H3;;;;/q;3*-1;+3. The first-order valence-corrected chi connectivity index (χ1v) is 2.09. The van der Waals surface area contributed by atoms with E-state index in [2.05, 4.69) is 0 Å². The maximum Gasteiger partial charge on any atom is 3.00 e. The molecular weight excluding hydrogens is 303 g/mol. The quantitative estimate of drug-likeness (QED) is 0.419. The summed E-state index contributed by atoms with van der Waals surface area (Å²) in [5, 5.41) is 51.2. The van der Waals surface area contributed by atoms with E-state index in [9.17, 15) is 0 Å². The fourth-order valence-corrected chi connectivity index (χ4v) is 0. The number of hydrogen-bond donors (Lipinski definition) is 1. The fraction of sp³-hybridized carbons (Fsp3) is 1.00. The Hall–Kier alpha value is -1.34. The molecule has 0 aliphatic rings. The molecule has 0 rings (SSSR count). The Balaban J connectivity index is -0.0000000298. The first-order chi connectivity index (χ1) is 6.20. The van der Waals surface area contributed by atoms with E-state index in [-0.39, 0.29) is 32.7 Å². The van der Waals surface area contributed by atoms with Crippen molar-refractivity contribution in [1.82, 2.24) is 0 Å². The van der Waals surface area contributed by atoms with E-state index in [0.29, 0.717) is 0 Å². The summed E-state index contributed by atoms with van der Waals surface area (Å²) in [6.45, 7) is 0. The molecule has 0 aromatic heterocycles. The molecule has 0 heterocycles. The summed E-state index contributed by atoms with van der Waals surface area (Å²) in [6, 6.07) is 0. The number of aliphatic hydroxyl groups is 1. The van der Waals surface area contributed by atoms with Gasteiger partial charge in [0, 0.05) is 7.11 Å². The third-order valence-corrected chi connectivity index (χ3v) is 0. The molecule has 0 atom stereocenters. The molecule has 0 fully saturated rings. The Morgan fingerprint density at radius 2 is 0.667 bits per heavy atom. The second-order valence-electron chi connectivity index (χ2n) is 0.671. The molecule has 0 saturated heterocycles. The van der Waals surface area contributed by atoms with Crippen molar-refractivity contribution in [2.45, 2.75) is 0 Å². The van der Waals surface area contributed by atoms with Gasteiger partial charge in [0.05, 0.1) is 15.3 Å². The summed E-state index contributed by atoms with van der Waals surface area (Å²) in [4.78, 5) is 24.8. The predicted molar refractivity (Wildman–Crippen MR) is 39.2 cm³/mol. The zero-order chi connectivity index (χ0) is 12.7. The Bertz CT molecular complexity index is 118. The number of rotatable bonds is 0. The minimum atomic E-state index is -1.75. The average molecular weight is 307 g/mol. The van der Waals surface area contributed by atoms with Gasteiger partial charge in [0.1, 0.15) is 0 Å². The molecule has 0 saturated carbocycles. The molecule has 0 bridgehead atoms. The summed E-state index contributed by atoms with van der Waals surface area (Å²) < 4.78 is 0. The van der Waals surface area contributed by atoms with Crippen LogP contribution in [-0.4, -0.2) is 27.5 Å². The van der Waals surface area contributed by atoms with Gasteiger partial charge in [0.15, 0.2) is 0 Å². The van der Waals surface area contributed by atoms with Crippen LogP contribution in [0.25, 0.3) is 0 Å². The van der Waals surface area contributed by atoms with Gasteiger partial charge < -0.3 is 51.1 Å². The topological polar surface area (TPSA) is 219 Å². The van der Waals surface area contributed by atoms with E-state index < -0.39 is 15.3 Å². The number of aliphatic hydroxyl groups excluding tert-OH is 1. The van der Waals surface area contributed by atoms with Gasteiger partial charge in [-0.05, 0) is 0 Å². The first-order valence-electron chi connectivity index (χ1n) is 2.09. The Kier molecular flexibility index (Phi) is 57.1. The Morgan fingerprint density at radius 1 is 0.667 bits per heavy atom. The molecule has 0 unspecified atom stereocenters. The number of nitrogens with zero attached hydrogens (tertiary/aromatic N) is 3. The summed E-state index contributed by atoms with van der Waals surface area (Å²) in [5.41, 5.74) is 0. The van der Waals surface area contributed by atoms with Gasteiger partial charge in [-0.25, -0.2) is 0 Å². The van der Waals surface area contributed by atoms with Crippen LogP contribution in [0.1, 0.15) is 0 Å². The van der Waals surface area contributed by atoms with Crippen molar-refractivity contribution >= 4 is 0 Å². The number of hydrogen-bond acceptors (Lipinski definition) is 10. The van der Waals surface area contributed by atoms with Crippen molar-refractivity contribution in [3.05, 3.63) is 46.0 Å². The predicted octanol–water partition coefficient (Wildman–Crippen LogP) is -1.11. The molecule has 1 N–H and O–H groups in total. The molecular formula is CH4N3O10Y. The van der Waals surface area contributed by atoms with Crippen LogP contribution in [0, 0.1) is 46.0 Å². The molecule has 0 aromatic carbocycles. The third kappa shape index (κ3) is 807. The Labute approximate surface area is 106 Å². The largest absolute Gasteiger partial charge is 3.00 e. The van der Waals surface area contributed by atoms with Crippen LogP contribution in [0.3, 0.4) is 0 Å². The zero-order valence-corrected chi connectivity index (χ0v) is 9.88. The Morgan fingerprint density at radius 3 is 0.667 bits per heavy atom. The van der Waals surface area contributed by atoms with Gasteiger partial charge in [-0.15, -0.1) is 0 Å². The van der Waals surface area contributed by atoms with Gasteiger partial charge in [0.25, 0.3) is 0 Å². The SMILES string of the molecule is CO.O=[N+]([O-])[O-].O=[N+]([O-])[O-].O=[N+]([O-])[O-].[Y+3]. The van der Waals surface area contributed by atoms with Crippen LogP contribution in [0.2, 0.25) is 0 Å². The maximum absolute atomic E-state index is 8.25. The van der Waals surface area contributed by atoms with Crippen LogP contribution in [-0.2, 0) is 32.7 Å². The van der Waals surface area contributed by atoms with Gasteiger partial charge >= 0.3 is 32.7 Å². The molecule has 0 radical (unpaired) electrons. The van der Waals surface area contributed by atoms with E-state index in [1.54, 1.807) is 0 Å². The molecule has 0 amide bonds. The molecule has 14 heteroatoms. The van der Waals surface area contributed by atoms with Crippen molar-refractivity contribution in [3.63, 3.8) is 0 Å². The monoisotopic (exact) mass is 307 g/mol. The van der Waals surface area contributed by atoms with Gasteiger partial charge in [0.2, 0.25) is 0 Å². The summed E-state index contributed by atoms with van der Waals surface area (Å²) in [7, 11) is 1.00. The molecule has 0 spiro atoms. The van der Waals surface area contributed by atoms with E-state index >= 15 is 0 Å².